The first-order valence-corrected chi connectivity index (χ1v) is 12.6. The number of nitrogens with one attached hydrogen (secondary N) is 2. The van der Waals surface area contributed by atoms with E-state index >= 15 is 0 Å². The first-order chi connectivity index (χ1) is 16.4. The van der Waals surface area contributed by atoms with Gasteiger partial charge in [-0.1, -0.05) is 6.92 Å². The van der Waals surface area contributed by atoms with Crippen molar-refractivity contribution in [3.05, 3.63) is 50.7 Å². The van der Waals surface area contributed by atoms with E-state index in [1.54, 1.807) is 31.4 Å². The monoisotopic (exact) mass is 504 g/mol. The van der Waals surface area contributed by atoms with Gasteiger partial charge in [0.15, 0.2) is 0 Å². The van der Waals surface area contributed by atoms with Crippen molar-refractivity contribution in [1.29, 1.82) is 0 Å². The van der Waals surface area contributed by atoms with Gasteiger partial charge in [0.1, 0.15) is 10.8 Å². The van der Waals surface area contributed by atoms with E-state index in [1.807, 2.05) is 0 Å². The van der Waals surface area contributed by atoms with Crippen LogP contribution in [0.25, 0.3) is 5.69 Å². The number of aromatic amines is 1. The van der Waals surface area contributed by atoms with Crippen molar-refractivity contribution in [3.8, 4) is 11.4 Å². The number of carbonyl (C=O) groups excluding carboxylic acids is 2. The molecule has 1 aromatic carbocycles. The van der Waals surface area contributed by atoms with Gasteiger partial charge in [-0.15, -0.1) is 11.3 Å². The highest BCUT2D eigenvalue weighted by molar-refractivity contribution is 7.99. The molecular formula is C23H26N3O6S2+. The molecule has 3 aromatic rings. The summed E-state index contributed by atoms with van der Waals surface area (Å²) in [5.41, 5.74) is 1.64. The Balaban J connectivity index is 1.43. The van der Waals surface area contributed by atoms with Crippen LogP contribution in [0.4, 0.5) is 5.00 Å². The molecule has 2 N–H and O–H groups in total. The van der Waals surface area contributed by atoms with Crippen LogP contribution < -0.4 is 20.4 Å². The van der Waals surface area contributed by atoms with Crippen molar-refractivity contribution >= 4 is 40.0 Å². The summed E-state index contributed by atoms with van der Waals surface area (Å²) in [5.74, 6) is 0.918. The molecular weight excluding hydrogens is 478 g/mol. The van der Waals surface area contributed by atoms with Crippen LogP contribution in [0.5, 0.6) is 5.75 Å². The first-order valence-electron chi connectivity index (χ1n) is 10.8. The van der Waals surface area contributed by atoms with Gasteiger partial charge in [-0.2, -0.15) is 0 Å². The molecule has 0 aliphatic heterocycles. The topological polar surface area (TPSA) is 115 Å². The second-order valence-electron chi connectivity index (χ2n) is 8.01. The van der Waals surface area contributed by atoms with Gasteiger partial charge in [-0.25, -0.2) is 9.59 Å². The molecule has 0 spiro atoms. The third-order valence-electron chi connectivity index (χ3n) is 5.66. The van der Waals surface area contributed by atoms with Gasteiger partial charge in [0.2, 0.25) is 11.6 Å². The van der Waals surface area contributed by atoms with Gasteiger partial charge in [0.05, 0.1) is 19.8 Å². The van der Waals surface area contributed by atoms with Gasteiger partial charge < -0.3 is 14.8 Å². The van der Waals surface area contributed by atoms with Crippen LogP contribution in [0, 0.1) is 5.92 Å². The first kappa shape index (κ1) is 24.1. The predicted octanol–water partition coefficient (Wildman–Crippen LogP) is 3.35. The molecule has 2 aromatic heterocycles. The van der Waals surface area contributed by atoms with Crippen LogP contribution >= 0.6 is 23.1 Å². The minimum Gasteiger partial charge on any atom is -0.497 e. The van der Waals surface area contributed by atoms with Crippen molar-refractivity contribution in [3.63, 3.8) is 0 Å². The molecule has 0 fully saturated rings. The molecule has 34 heavy (non-hydrogen) atoms. The fourth-order valence-corrected chi connectivity index (χ4v) is 6.20. The summed E-state index contributed by atoms with van der Waals surface area (Å²) in [6.45, 7) is 2.19. The zero-order chi connectivity index (χ0) is 24.2. The average molecular weight is 505 g/mol. The number of rotatable bonds is 8. The number of nitrogens with zero attached hydrogens (tertiary/aromatic N) is 1. The number of carbonyl (C=O) groups is 2. The Bertz CT molecular complexity index is 1240. The van der Waals surface area contributed by atoms with Crippen LogP contribution in [0.2, 0.25) is 0 Å². The van der Waals surface area contributed by atoms with E-state index in [0.717, 1.165) is 29.7 Å². The van der Waals surface area contributed by atoms with Crippen LogP contribution in [0.15, 0.2) is 38.6 Å². The number of hydrogen-bond donors (Lipinski definition) is 2. The zero-order valence-electron chi connectivity index (χ0n) is 19.1. The Morgan fingerprint density at radius 3 is 2.76 bits per heavy atom. The number of hydrogen-bond acceptors (Lipinski definition) is 8. The minimum absolute atomic E-state index is 0.150. The summed E-state index contributed by atoms with van der Waals surface area (Å²) in [6, 6.07) is 7.12. The van der Waals surface area contributed by atoms with Crippen LogP contribution in [0.1, 0.15) is 40.6 Å². The highest BCUT2D eigenvalue weighted by Crippen LogP contribution is 2.40. The third kappa shape index (κ3) is 5.05. The maximum atomic E-state index is 12.7. The standard InChI is InChI=1S/C23H25N3O6S2/c1-13-4-9-16-17(12-13)34-20(19(16)22(28)31-3)24-18(27)10-11-33-21-23(29)32-25-26(21)14-5-7-15(30-2)8-6-14/h5-8,13H,4,9-12H2,1-3H3,(H-,24,25,27,28,29)/p+1. The van der Waals surface area contributed by atoms with Crippen molar-refractivity contribution in [2.45, 2.75) is 37.6 Å². The van der Waals surface area contributed by atoms with Crippen molar-refractivity contribution < 1.29 is 28.3 Å². The summed E-state index contributed by atoms with van der Waals surface area (Å²) in [5, 5.41) is 6.33. The Morgan fingerprint density at radius 2 is 2.06 bits per heavy atom. The molecule has 0 saturated heterocycles. The summed E-state index contributed by atoms with van der Waals surface area (Å²) >= 11 is 2.66. The van der Waals surface area contributed by atoms with E-state index in [9.17, 15) is 14.4 Å². The molecule has 9 nitrogen and oxygen atoms in total. The van der Waals surface area contributed by atoms with Gasteiger partial charge in [0, 0.05) is 29.2 Å². The number of amides is 1. The number of aromatic nitrogens is 2. The lowest BCUT2D eigenvalue weighted by Gasteiger charge is -2.18. The quantitative estimate of drug-likeness (QED) is 0.275. The summed E-state index contributed by atoms with van der Waals surface area (Å²) < 4.78 is 16.6. The summed E-state index contributed by atoms with van der Waals surface area (Å²) in [4.78, 5) is 38.4. The van der Waals surface area contributed by atoms with Gasteiger partial charge >= 0.3 is 16.6 Å². The van der Waals surface area contributed by atoms with E-state index in [4.69, 9.17) is 14.0 Å². The number of thiophene rings is 1. The van der Waals surface area contributed by atoms with E-state index < -0.39 is 11.6 Å². The second kappa shape index (κ2) is 10.5. The smallest absolute Gasteiger partial charge is 0.442 e. The maximum Gasteiger partial charge on any atom is 0.442 e. The van der Waals surface area contributed by atoms with Crippen LogP contribution in [-0.2, 0) is 22.4 Å². The highest BCUT2D eigenvalue weighted by Gasteiger charge is 2.29. The number of benzene rings is 1. The normalized spacial score (nSPS) is 15.0. The molecule has 1 unspecified atom stereocenters. The Morgan fingerprint density at radius 1 is 1.29 bits per heavy atom. The van der Waals surface area contributed by atoms with Crippen molar-refractivity contribution in [2.75, 3.05) is 25.3 Å². The number of ether oxygens (including phenoxy) is 2. The van der Waals surface area contributed by atoms with E-state index in [0.29, 0.717) is 38.7 Å². The fraction of sp³-hybridized carbons (Fsp3) is 0.391. The molecule has 0 bridgehead atoms. The van der Waals surface area contributed by atoms with Crippen LogP contribution in [-0.4, -0.2) is 37.1 Å². The molecule has 11 heteroatoms. The molecule has 180 valence electrons. The Hall–Kier alpha value is -3.05. The molecule has 0 saturated carbocycles. The lowest BCUT2D eigenvalue weighted by Crippen LogP contribution is -2.36. The number of H-pyrrole nitrogens is 1. The summed E-state index contributed by atoms with van der Waals surface area (Å²) in [7, 11) is 2.93. The molecule has 4 rings (SSSR count). The number of esters is 1. The van der Waals surface area contributed by atoms with Gasteiger partial charge in [-0.3, -0.25) is 9.32 Å². The minimum atomic E-state index is -0.519. The number of fused-ring (bicyclic) bond motifs is 1. The summed E-state index contributed by atoms with van der Waals surface area (Å²) in [6.07, 6.45) is 2.85. The fourth-order valence-electron chi connectivity index (χ4n) is 3.87. The SMILES string of the molecule is COC(=O)c1c(NC(=O)CCSc2c(=O)o[nH][n+]2-c2ccc(OC)cc2)sc2c1CCC(C)C2. The molecule has 1 aliphatic carbocycles. The lowest BCUT2D eigenvalue weighted by atomic mass is 9.88. The molecule has 0 radical (unpaired) electrons. The molecule has 2 heterocycles. The maximum absolute atomic E-state index is 12.7. The van der Waals surface area contributed by atoms with Crippen LogP contribution in [0.3, 0.4) is 0 Å². The van der Waals surface area contributed by atoms with Gasteiger partial charge in [0.25, 0.3) is 0 Å². The van der Waals surface area contributed by atoms with Gasteiger partial charge in [-0.05, 0) is 64.6 Å². The largest absolute Gasteiger partial charge is 0.497 e. The van der Waals surface area contributed by atoms with Crippen molar-refractivity contribution in [1.82, 2.24) is 5.27 Å². The molecule has 1 amide bonds. The molecule has 1 aliphatic rings. The average Bonchev–Trinajstić information content (AvgIpc) is 3.38. The predicted molar refractivity (Wildman–Crippen MR) is 128 cm³/mol. The number of anilines is 1. The Labute approximate surface area is 204 Å². The zero-order valence-corrected chi connectivity index (χ0v) is 20.8. The van der Waals surface area contributed by atoms with Crippen molar-refractivity contribution in [2.24, 2.45) is 5.92 Å². The highest BCUT2D eigenvalue weighted by atomic mass is 32.2. The molecule has 1 atom stereocenters. The van der Waals surface area contributed by atoms with E-state index in [2.05, 4.69) is 17.5 Å². The van der Waals surface area contributed by atoms with E-state index in [1.165, 1.54) is 34.9 Å². The van der Waals surface area contributed by atoms with E-state index in [-0.39, 0.29) is 12.3 Å². The Kier molecular flexibility index (Phi) is 7.42. The number of thioether (sulfide) groups is 1. The lowest BCUT2D eigenvalue weighted by molar-refractivity contribution is -0.704. The second-order valence-corrected chi connectivity index (χ2v) is 10.2. The third-order valence-corrected chi connectivity index (χ3v) is 7.86. The number of methoxy groups -OCH3 is 2.